The Morgan fingerprint density at radius 2 is 2.00 bits per heavy atom. The SMILES string of the molecule is CC(Sc1nnc(-c2ccccc2)o1)C(=O)Nc1ccc(F)cc1Cl. The maximum absolute atomic E-state index is 13.0. The topological polar surface area (TPSA) is 68.0 Å². The van der Waals surface area contributed by atoms with E-state index in [1.807, 2.05) is 30.3 Å². The molecule has 8 heteroatoms. The summed E-state index contributed by atoms with van der Waals surface area (Å²) < 4.78 is 18.6. The van der Waals surface area contributed by atoms with Crippen molar-refractivity contribution < 1.29 is 13.6 Å². The van der Waals surface area contributed by atoms with E-state index in [-0.39, 0.29) is 16.2 Å². The number of aromatic nitrogens is 2. The van der Waals surface area contributed by atoms with Gasteiger partial charge in [-0.1, -0.05) is 41.6 Å². The molecule has 5 nitrogen and oxygen atoms in total. The van der Waals surface area contributed by atoms with Gasteiger partial charge in [-0.25, -0.2) is 4.39 Å². The van der Waals surface area contributed by atoms with Crippen LogP contribution in [0.2, 0.25) is 5.02 Å². The van der Waals surface area contributed by atoms with Crippen LogP contribution in [0, 0.1) is 5.82 Å². The predicted octanol–water partition coefficient (Wildman–Crippen LogP) is 4.65. The number of thioether (sulfide) groups is 1. The van der Waals surface area contributed by atoms with Crippen molar-refractivity contribution in [3.8, 4) is 11.5 Å². The van der Waals surface area contributed by atoms with Crippen molar-refractivity contribution in [3.05, 3.63) is 59.4 Å². The number of amides is 1. The number of hydrogen-bond donors (Lipinski definition) is 1. The van der Waals surface area contributed by atoms with E-state index in [9.17, 15) is 9.18 Å². The molecule has 1 amide bonds. The minimum atomic E-state index is -0.509. The van der Waals surface area contributed by atoms with Crippen molar-refractivity contribution >= 4 is 35.0 Å². The van der Waals surface area contributed by atoms with Crippen molar-refractivity contribution in [2.45, 2.75) is 17.4 Å². The molecular formula is C17H13ClFN3O2S. The molecule has 0 saturated heterocycles. The molecule has 2 aromatic carbocycles. The summed E-state index contributed by atoms with van der Waals surface area (Å²) in [4.78, 5) is 12.3. The molecule has 0 aliphatic heterocycles. The maximum Gasteiger partial charge on any atom is 0.277 e. The van der Waals surface area contributed by atoms with Gasteiger partial charge in [-0.3, -0.25) is 4.79 Å². The van der Waals surface area contributed by atoms with E-state index in [2.05, 4.69) is 15.5 Å². The van der Waals surface area contributed by atoms with Gasteiger partial charge in [-0.15, -0.1) is 10.2 Å². The standard InChI is InChI=1S/C17H13ClFN3O2S/c1-10(15(23)20-14-8-7-12(19)9-13(14)18)25-17-22-21-16(24-17)11-5-3-2-4-6-11/h2-10H,1H3,(H,20,23). The van der Waals surface area contributed by atoms with Gasteiger partial charge in [-0.2, -0.15) is 0 Å². The van der Waals surface area contributed by atoms with E-state index in [1.54, 1.807) is 6.92 Å². The molecule has 128 valence electrons. The summed E-state index contributed by atoms with van der Waals surface area (Å²) in [7, 11) is 0. The zero-order chi connectivity index (χ0) is 17.8. The van der Waals surface area contributed by atoms with Gasteiger partial charge in [0.15, 0.2) is 0 Å². The molecule has 0 radical (unpaired) electrons. The molecule has 3 aromatic rings. The van der Waals surface area contributed by atoms with Gasteiger partial charge in [0.2, 0.25) is 11.8 Å². The zero-order valence-electron chi connectivity index (χ0n) is 13.1. The first-order valence-corrected chi connectivity index (χ1v) is 8.60. The average molecular weight is 378 g/mol. The normalized spacial score (nSPS) is 12.0. The molecule has 1 unspecified atom stereocenters. The number of rotatable bonds is 5. The van der Waals surface area contributed by atoms with Crippen LogP contribution >= 0.6 is 23.4 Å². The van der Waals surface area contributed by atoms with Crippen LogP contribution < -0.4 is 5.32 Å². The summed E-state index contributed by atoms with van der Waals surface area (Å²) in [5.41, 5.74) is 1.15. The van der Waals surface area contributed by atoms with Crippen LogP contribution in [0.3, 0.4) is 0 Å². The lowest BCUT2D eigenvalue weighted by Crippen LogP contribution is -2.22. The summed E-state index contributed by atoms with van der Waals surface area (Å²) in [6, 6.07) is 13.1. The molecular weight excluding hydrogens is 365 g/mol. The van der Waals surface area contributed by atoms with Gasteiger partial charge < -0.3 is 9.73 Å². The van der Waals surface area contributed by atoms with Crippen molar-refractivity contribution in [2.75, 3.05) is 5.32 Å². The van der Waals surface area contributed by atoms with Gasteiger partial charge in [0.05, 0.1) is 16.0 Å². The Labute approximate surface area is 152 Å². The van der Waals surface area contributed by atoms with E-state index >= 15 is 0 Å². The van der Waals surface area contributed by atoms with Crippen molar-refractivity contribution in [1.82, 2.24) is 10.2 Å². The number of nitrogens with one attached hydrogen (secondary N) is 1. The predicted molar refractivity (Wildman–Crippen MR) is 95.1 cm³/mol. The third-order valence-corrected chi connectivity index (χ3v) is 4.51. The molecule has 0 fully saturated rings. The molecule has 1 atom stereocenters. The van der Waals surface area contributed by atoms with Crippen LogP contribution in [0.15, 0.2) is 58.2 Å². The lowest BCUT2D eigenvalue weighted by molar-refractivity contribution is -0.115. The van der Waals surface area contributed by atoms with Crippen LogP contribution in [-0.4, -0.2) is 21.4 Å². The van der Waals surface area contributed by atoms with Gasteiger partial charge in [-0.05, 0) is 37.3 Å². The van der Waals surface area contributed by atoms with Gasteiger partial charge in [0, 0.05) is 5.56 Å². The fraction of sp³-hybridized carbons (Fsp3) is 0.118. The van der Waals surface area contributed by atoms with E-state index in [1.165, 1.54) is 12.1 Å². The van der Waals surface area contributed by atoms with Crippen LogP contribution in [-0.2, 0) is 4.79 Å². The third kappa shape index (κ3) is 4.37. The molecule has 1 heterocycles. The summed E-state index contributed by atoms with van der Waals surface area (Å²) in [5.74, 6) is -0.389. The Morgan fingerprint density at radius 3 is 2.72 bits per heavy atom. The molecule has 3 rings (SSSR count). The number of anilines is 1. The van der Waals surface area contributed by atoms with Crippen LogP contribution in [0.25, 0.3) is 11.5 Å². The number of carbonyl (C=O) groups is 1. The zero-order valence-corrected chi connectivity index (χ0v) is 14.6. The number of nitrogens with zero attached hydrogens (tertiary/aromatic N) is 2. The number of hydrogen-bond acceptors (Lipinski definition) is 5. The van der Waals surface area contributed by atoms with Gasteiger partial charge in [0.1, 0.15) is 5.82 Å². The Morgan fingerprint density at radius 1 is 1.24 bits per heavy atom. The number of carbonyl (C=O) groups excluding carboxylic acids is 1. The monoisotopic (exact) mass is 377 g/mol. The highest BCUT2D eigenvalue weighted by molar-refractivity contribution is 8.00. The fourth-order valence-electron chi connectivity index (χ4n) is 1.98. The molecule has 0 bridgehead atoms. The summed E-state index contributed by atoms with van der Waals surface area (Å²) in [6.45, 7) is 1.70. The Kier molecular flexibility index (Phi) is 5.35. The van der Waals surface area contributed by atoms with E-state index in [4.69, 9.17) is 16.0 Å². The van der Waals surface area contributed by atoms with E-state index < -0.39 is 11.1 Å². The second kappa shape index (κ2) is 7.67. The van der Waals surface area contributed by atoms with Crippen molar-refractivity contribution in [3.63, 3.8) is 0 Å². The maximum atomic E-state index is 13.0. The molecule has 1 N–H and O–H groups in total. The average Bonchev–Trinajstić information content (AvgIpc) is 3.06. The Bertz CT molecular complexity index is 889. The van der Waals surface area contributed by atoms with E-state index in [0.29, 0.717) is 11.6 Å². The molecule has 25 heavy (non-hydrogen) atoms. The second-order valence-corrected chi connectivity index (χ2v) is 6.81. The molecule has 0 aliphatic carbocycles. The summed E-state index contributed by atoms with van der Waals surface area (Å²) >= 11 is 7.03. The quantitative estimate of drug-likeness (QED) is 0.655. The summed E-state index contributed by atoms with van der Waals surface area (Å²) in [5, 5.41) is 10.5. The Hall–Kier alpha value is -2.38. The molecule has 0 spiro atoms. The van der Waals surface area contributed by atoms with Gasteiger partial charge in [0.25, 0.3) is 5.22 Å². The smallest absolute Gasteiger partial charge is 0.277 e. The molecule has 0 aliphatic rings. The minimum Gasteiger partial charge on any atom is -0.411 e. The third-order valence-electron chi connectivity index (χ3n) is 3.26. The van der Waals surface area contributed by atoms with Crippen LogP contribution in [0.5, 0.6) is 0 Å². The minimum absolute atomic E-state index is 0.134. The first-order valence-electron chi connectivity index (χ1n) is 7.34. The fourth-order valence-corrected chi connectivity index (χ4v) is 2.88. The second-order valence-electron chi connectivity index (χ2n) is 5.11. The largest absolute Gasteiger partial charge is 0.411 e. The molecule has 0 saturated carbocycles. The molecule has 1 aromatic heterocycles. The number of halogens is 2. The summed E-state index contributed by atoms with van der Waals surface area (Å²) in [6.07, 6.45) is 0. The van der Waals surface area contributed by atoms with Crippen LogP contribution in [0.4, 0.5) is 10.1 Å². The van der Waals surface area contributed by atoms with Crippen molar-refractivity contribution in [1.29, 1.82) is 0 Å². The van der Waals surface area contributed by atoms with Crippen LogP contribution in [0.1, 0.15) is 6.92 Å². The highest BCUT2D eigenvalue weighted by atomic mass is 35.5. The first kappa shape index (κ1) is 17.4. The highest BCUT2D eigenvalue weighted by Gasteiger charge is 2.19. The Balaban J connectivity index is 1.65. The highest BCUT2D eigenvalue weighted by Crippen LogP contribution is 2.28. The lowest BCUT2D eigenvalue weighted by Gasteiger charge is -2.11. The van der Waals surface area contributed by atoms with E-state index in [0.717, 1.165) is 23.4 Å². The lowest BCUT2D eigenvalue weighted by atomic mass is 10.2. The van der Waals surface area contributed by atoms with Crippen molar-refractivity contribution in [2.24, 2.45) is 0 Å². The number of benzene rings is 2. The van der Waals surface area contributed by atoms with Gasteiger partial charge >= 0.3 is 0 Å². The first-order chi connectivity index (χ1) is 12.0.